The minimum absolute atomic E-state index is 0.456. The Balaban J connectivity index is 1.09. The Labute approximate surface area is 343 Å². The van der Waals surface area contributed by atoms with Gasteiger partial charge in [-0.05, 0) is 102 Å². The molecule has 274 valence electrons. The third-order valence-electron chi connectivity index (χ3n) is 12.5. The molecular weight excluding hydrogens is 713 g/mol. The van der Waals surface area contributed by atoms with Gasteiger partial charge in [-0.1, -0.05) is 194 Å². The fourth-order valence-electron chi connectivity index (χ4n) is 10.00. The SMILES string of the molecule is c1ccc(-c2cccc(-c3cc(-c4ccccc4)nc(-c4cccc(-c5cc6ccccc6c6c5-c5ccccc5C65c6ccccc6-c6ccccc65)c4)n3)c2)cc1. The quantitative estimate of drug-likeness (QED) is 0.175. The maximum Gasteiger partial charge on any atom is 0.160 e. The van der Waals surface area contributed by atoms with Crippen LogP contribution in [0.3, 0.4) is 0 Å². The second-order valence-electron chi connectivity index (χ2n) is 15.6. The molecule has 0 amide bonds. The molecule has 0 fully saturated rings. The van der Waals surface area contributed by atoms with Gasteiger partial charge in [-0.3, -0.25) is 0 Å². The fourth-order valence-corrected chi connectivity index (χ4v) is 10.00. The van der Waals surface area contributed by atoms with Crippen molar-refractivity contribution in [2.45, 2.75) is 5.41 Å². The summed E-state index contributed by atoms with van der Waals surface area (Å²) in [4.78, 5) is 10.6. The van der Waals surface area contributed by atoms with Crippen LogP contribution in [0.2, 0.25) is 0 Å². The van der Waals surface area contributed by atoms with Gasteiger partial charge in [0.25, 0.3) is 0 Å². The highest BCUT2D eigenvalue weighted by atomic mass is 14.9. The Morgan fingerprint density at radius 2 is 0.797 bits per heavy atom. The Morgan fingerprint density at radius 1 is 0.305 bits per heavy atom. The number of hydrogen-bond acceptors (Lipinski definition) is 2. The molecule has 2 aliphatic carbocycles. The van der Waals surface area contributed by atoms with E-state index in [-0.39, 0.29) is 0 Å². The number of nitrogens with zero attached hydrogens (tertiary/aromatic N) is 2. The molecule has 10 aromatic rings. The number of rotatable bonds is 5. The van der Waals surface area contributed by atoms with Gasteiger partial charge in [0.2, 0.25) is 0 Å². The summed E-state index contributed by atoms with van der Waals surface area (Å²) in [6, 6.07) is 79.1. The summed E-state index contributed by atoms with van der Waals surface area (Å²) >= 11 is 0. The van der Waals surface area contributed by atoms with E-state index in [0.717, 1.165) is 39.2 Å². The summed E-state index contributed by atoms with van der Waals surface area (Å²) < 4.78 is 0. The predicted molar refractivity (Wildman–Crippen MR) is 243 cm³/mol. The van der Waals surface area contributed by atoms with Crippen LogP contribution in [0, 0.1) is 0 Å². The van der Waals surface area contributed by atoms with Crippen molar-refractivity contribution in [1.29, 1.82) is 0 Å². The van der Waals surface area contributed by atoms with E-state index in [1.807, 2.05) is 6.07 Å². The first-order valence-electron chi connectivity index (χ1n) is 20.3. The Hall–Kier alpha value is -7.68. The molecule has 1 spiro atoms. The van der Waals surface area contributed by atoms with E-state index < -0.39 is 5.41 Å². The largest absolute Gasteiger partial charge is 0.228 e. The van der Waals surface area contributed by atoms with Crippen molar-refractivity contribution in [2.24, 2.45) is 0 Å². The molecule has 59 heavy (non-hydrogen) atoms. The van der Waals surface area contributed by atoms with Gasteiger partial charge in [0, 0.05) is 16.7 Å². The number of hydrogen-bond donors (Lipinski definition) is 0. The minimum atomic E-state index is -0.456. The standard InChI is InChI=1S/C57H36N2/c1-3-17-37(18-4-1)39-22-15-24-42(33-39)53-36-52(38-19-5-2-6-20-38)58-56(59-53)43-25-16-23-40(34-43)48-35-41-21-7-8-26-44(41)55-54(48)47-29-11-14-32-51(47)57(55)49-30-12-9-27-45(49)46-28-10-13-31-50(46)57/h1-36H. The van der Waals surface area contributed by atoms with Crippen LogP contribution < -0.4 is 0 Å². The average Bonchev–Trinajstić information content (AvgIpc) is 3.80. The Kier molecular flexibility index (Phi) is 7.48. The van der Waals surface area contributed by atoms with Gasteiger partial charge in [0.1, 0.15) is 0 Å². The van der Waals surface area contributed by atoms with E-state index >= 15 is 0 Å². The molecule has 12 rings (SSSR count). The van der Waals surface area contributed by atoms with Crippen molar-refractivity contribution < 1.29 is 0 Å². The van der Waals surface area contributed by atoms with E-state index in [1.54, 1.807) is 0 Å². The van der Waals surface area contributed by atoms with Crippen LogP contribution in [-0.2, 0) is 5.41 Å². The van der Waals surface area contributed by atoms with Gasteiger partial charge >= 0.3 is 0 Å². The summed E-state index contributed by atoms with van der Waals surface area (Å²) in [5.41, 5.74) is 19.7. The highest BCUT2D eigenvalue weighted by molar-refractivity contribution is 6.09. The predicted octanol–water partition coefficient (Wildman–Crippen LogP) is 14.3. The molecule has 2 nitrogen and oxygen atoms in total. The average molecular weight is 749 g/mol. The maximum absolute atomic E-state index is 5.32. The molecule has 0 bridgehead atoms. The van der Waals surface area contributed by atoms with Crippen LogP contribution in [-0.4, -0.2) is 9.97 Å². The molecule has 9 aromatic carbocycles. The van der Waals surface area contributed by atoms with Crippen molar-refractivity contribution >= 4 is 10.8 Å². The first-order chi connectivity index (χ1) is 29.3. The van der Waals surface area contributed by atoms with Gasteiger partial charge in [-0.15, -0.1) is 0 Å². The molecule has 2 aliphatic rings. The summed E-state index contributed by atoms with van der Waals surface area (Å²) in [6.45, 7) is 0. The molecular formula is C57H36N2. The molecule has 2 heteroatoms. The van der Waals surface area contributed by atoms with Crippen LogP contribution >= 0.6 is 0 Å². The molecule has 1 heterocycles. The lowest BCUT2D eigenvalue weighted by Gasteiger charge is -2.31. The zero-order valence-electron chi connectivity index (χ0n) is 32.2. The fraction of sp³-hybridized carbons (Fsp3) is 0.0175. The molecule has 0 unspecified atom stereocenters. The van der Waals surface area contributed by atoms with Crippen molar-refractivity contribution in [1.82, 2.24) is 9.97 Å². The second-order valence-corrected chi connectivity index (χ2v) is 15.6. The molecule has 1 aromatic heterocycles. The summed E-state index contributed by atoms with van der Waals surface area (Å²) in [7, 11) is 0. The summed E-state index contributed by atoms with van der Waals surface area (Å²) in [5, 5.41) is 2.51. The third kappa shape index (κ3) is 5.06. The molecule has 0 saturated heterocycles. The van der Waals surface area contributed by atoms with Crippen molar-refractivity contribution in [3.05, 3.63) is 241 Å². The summed E-state index contributed by atoms with van der Waals surface area (Å²) in [5.74, 6) is 0.696. The van der Waals surface area contributed by atoms with Crippen LogP contribution in [0.4, 0.5) is 0 Å². The van der Waals surface area contributed by atoms with E-state index in [9.17, 15) is 0 Å². The van der Waals surface area contributed by atoms with E-state index in [4.69, 9.17) is 9.97 Å². The first kappa shape index (κ1) is 33.5. The molecule has 0 N–H and O–H groups in total. The lowest BCUT2D eigenvalue weighted by Crippen LogP contribution is -2.26. The third-order valence-corrected chi connectivity index (χ3v) is 12.5. The van der Waals surface area contributed by atoms with E-state index in [2.05, 4.69) is 212 Å². The highest BCUT2D eigenvalue weighted by Crippen LogP contribution is 2.65. The van der Waals surface area contributed by atoms with Gasteiger partial charge in [0.05, 0.1) is 16.8 Å². The highest BCUT2D eigenvalue weighted by Gasteiger charge is 2.52. The maximum atomic E-state index is 5.32. The van der Waals surface area contributed by atoms with Gasteiger partial charge < -0.3 is 0 Å². The molecule has 0 radical (unpaired) electrons. The van der Waals surface area contributed by atoms with Gasteiger partial charge in [-0.2, -0.15) is 0 Å². The number of aromatic nitrogens is 2. The number of fused-ring (bicyclic) bond motifs is 12. The summed E-state index contributed by atoms with van der Waals surface area (Å²) in [6.07, 6.45) is 0. The smallest absolute Gasteiger partial charge is 0.160 e. The monoisotopic (exact) mass is 748 g/mol. The molecule has 0 aliphatic heterocycles. The number of benzene rings is 9. The van der Waals surface area contributed by atoms with E-state index in [1.165, 1.54) is 66.4 Å². The van der Waals surface area contributed by atoms with Crippen LogP contribution in [0.15, 0.2) is 218 Å². The lowest BCUT2D eigenvalue weighted by molar-refractivity contribution is 0.801. The zero-order chi connectivity index (χ0) is 38.9. The van der Waals surface area contributed by atoms with Gasteiger partial charge in [0.15, 0.2) is 5.82 Å². The Morgan fingerprint density at radius 3 is 1.51 bits per heavy atom. The normalized spacial score (nSPS) is 12.9. The first-order valence-corrected chi connectivity index (χ1v) is 20.3. The zero-order valence-corrected chi connectivity index (χ0v) is 32.2. The van der Waals surface area contributed by atoms with Crippen molar-refractivity contribution in [3.8, 4) is 78.4 Å². The van der Waals surface area contributed by atoms with E-state index in [0.29, 0.717) is 5.82 Å². The van der Waals surface area contributed by atoms with Crippen molar-refractivity contribution in [3.63, 3.8) is 0 Å². The second kappa shape index (κ2) is 13.2. The lowest BCUT2D eigenvalue weighted by atomic mass is 9.69. The topological polar surface area (TPSA) is 25.8 Å². The van der Waals surface area contributed by atoms with Crippen LogP contribution in [0.5, 0.6) is 0 Å². The van der Waals surface area contributed by atoms with Gasteiger partial charge in [-0.25, -0.2) is 9.97 Å². The van der Waals surface area contributed by atoms with Crippen LogP contribution in [0.25, 0.3) is 89.2 Å². The Bertz CT molecular complexity index is 3230. The minimum Gasteiger partial charge on any atom is -0.228 e. The molecule has 0 saturated carbocycles. The molecule has 0 atom stereocenters. The van der Waals surface area contributed by atoms with Crippen molar-refractivity contribution in [2.75, 3.05) is 0 Å². The van der Waals surface area contributed by atoms with Crippen LogP contribution in [0.1, 0.15) is 22.3 Å².